The third-order valence-electron chi connectivity index (χ3n) is 18.7. The van der Waals surface area contributed by atoms with Crippen molar-refractivity contribution in [1.82, 2.24) is 0 Å². The molecule has 0 atom stereocenters. The molecule has 2 aliphatic carbocycles. The average molecular weight is 1100 g/mol. The summed E-state index contributed by atoms with van der Waals surface area (Å²) >= 11 is 0. The zero-order valence-electron chi connectivity index (χ0n) is 48.8. The van der Waals surface area contributed by atoms with Crippen LogP contribution >= 0.6 is 0 Å². The minimum Gasteiger partial charge on any atom is -0.309 e. The molecule has 0 radical (unpaired) electrons. The van der Waals surface area contributed by atoms with Gasteiger partial charge in [0.25, 0.3) is 0 Å². The molecule has 86 heavy (non-hydrogen) atoms. The van der Waals surface area contributed by atoms with Gasteiger partial charge < -0.3 is 9.80 Å². The molecule has 16 rings (SSSR count). The maximum absolute atomic E-state index is 2.47. The summed E-state index contributed by atoms with van der Waals surface area (Å²) in [4.78, 5) is 4.94. The fraction of sp³-hybridized carbons (Fsp3) is 0.0714. The highest BCUT2D eigenvalue weighted by molar-refractivity contribution is 6.07. The fourth-order valence-electron chi connectivity index (χ4n) is 14.3. The smallest absolute Gasteiger partial charge is 0.0540 e. The van der Waals surface area contributed by atoms with E-state index >= 15 is 0 Å². The van der Waals surface area contributed by atoms with Crippen LogP contribution < -0.4 is 9.80 Å². The van der Waals surface area contributed by atoms with Crippen molar-refractivity contribution in [3.63, 3.8) is 0 Å². The van der Waals surface area contributed by atoms with Gasteiger partial charge in [-0.15, -0.1) is 0 Å². The van der Waals surface area contributed by atoms with Crippen LogP contribution in [0, 0.1) is 0 Å². The highest BCUT2D eigenvalue weighted by Gasteiger charge is 2.38. The van der Waals surface area contributed by atoms with E-state index in [0.29, 0.717) is 0 Å². The molecule has 0 saturated carbocycles. The molecule has 0 aliphatic heterocycles. The summed E-state index contributed by atoms with van der Waals surface area (Å²) in [6, 6.07) is 103. The van der Waals surface area contributed by atoms with Crippen molar-refractivity contribution in [3.05, 3.63) is 324 Å². The molecule has 2 heteroatoms. The molecule has 0 aromatic heterocycles. The average Bonchev–Trinajstić information content (AvgIpc) is 1.70. The van der Waals surface area contributed by atoms with E-state index in [0.717, 1.165) is 11.4 Å². The molecule has 0 spiro atoms. The summed E-state index contributed by atoms with van der Waals surface area (Å²) in [6.45, 7) is 9.55. The monoisotopic (exact) mass is 1100 g/mol. The Morgan fingerprint density at radius 2 is 0.500 bits per heavy atom. The molecule has 0 saturated heterocycles. The van der Waals surface area contributed by atoms with Crippen LogP contribution in [0.25, 0.3) is 100 Å². The van der Waals surface area contributed by atoms with Crippen molar-refractivity contribution >= 4 is 112 Å². The van der Waals surface area contributed by atoms with Crippen LogP contribution in [0.4, 0.5) is 34.1 Å². The normalized spacial score (nSPS) is 13.7. The molecule has 0 amide bonds. The number of rotatable bonds is 10. The van der Waals surface area contributed by atoms with Crippen molar-refractivity contribution in [2.45, 2.75) is 38.5 Å². The van der Waals surface area contributed by atoms with E-state index in [1.165, 1.54) is 143 Å². The van der Waals surface area contributed by atoms with Gasteiger partial charge in [-0.2, -0.15) is 0 Å². The van der Waals surface area contributed by atoms with Crippen LogP contribution in [0.3, 0.4) is 0 Å². The zero-order chi connectivity index (χ0) is 57.7. The number of benzene rings is 14. The Labute approximate surface area is 503 Å². The SMILES string of the molecule is CC1(C)c2cc(/C=C/c3ccc4cc(/C=C/c5ccc6c(c5)C(C)(C)c5cc(N(c7cccc8ccccc78)c7cccc8ccccc78)ccc5-6)ccc4c3)ccc2-c2ccc(N(c3cccc4ccccc34)c3cccc4ccccc34)cc21. The predicted molar refractivity (Wildman–Crippen MR) is 369 cm³/mol. The van der Waals surface area contributed by atoms with E-state index in [9.17, 15) is 0 Å². The third-order valence-corrected chi connectivity index (χ3v) is 18.7. The molecular formula is C84H62N2. The molecule has 0 unspecified atom stereocenters. The van der Waals surface area contributed by atoms with E-state index in [4.69, 9.17) is 0 Å². The van der Waals surface area contributed by atoms with Gasteiger partial charge >= 0.3 is 0 Å². The van der Waals surface area contributed by atoms with Crippen molar-refractivity contribution in [1.29, 1.82) is 0 Å². The molecule has 0 N–H and O–H groups in total. The maximum atomic E-state index is 2.47. The Morgan fingerprint density at radius 3 is 0.837 bits per heavy atom. The van der Waals surface area contributed by atoms with Gasteiger partial charge in [-0.3, -0.25) is 0 Å². The second-order valence-electron chi connectivity index (χ2n) is 24.5. The molecule has 14 aromatic carbocycles. The van der Waals surface area contributed by atoms with Gasteiger partial charge in [0.15, 0.2) is 0 Å². The number of nitrogens with zero attached hydrogens (tertiary/aromatic N) is 2. The lowest BCUT2D eigenvalue weighted by molar-refractivity contribution is 0.660. The zero-order valence-corrected chi connectivity index (χ0v) is 48.8. The lowest BCUT2D eigenvalue weighted by Crippen LogP contribution is -2.17. The van der Waals surface area contributed by atoms with Crippen molar-refractivity contribution < 1.29 is 0 Å². The summed E-state index contributed by atoms with van der Waals surface area (Å²) in [6.07, 6.45) is 9.06. The van der Waals surface area contributed by atoms with Gasteiger partial charge in [-0.1, -0.05) is 270 Å². The second-order valence-corrected chi connectivity index (χ2v) is 24.5. The summed E-state index contributed by atoms with van der Waals surface area (Å²) < 4.78 is 0. The van der Waals surface area contributed by atoms with E-state index < -0.39 is 0 Å². The lowest BCUT2D eigenvalue weighted by Gasteiger charge is -2.30. The first-order chi connectivity index (χ1) is 42.1. The topological polar surface area (TPSA) is 6.48 Å². The van der Waals surface area contributed by atoms with Crippen LogP contribution in [0.2, 0.25) is 0 Å². The first kappa shape index (κ1) is 51.1. The van der Waals surface area contributed by atoms with Gasteiger partial charge in [0.05, 0.1) is 22.7 Å². The molecule has 0 heterocycles. The number of fused-ring (bicyclic) bond motifs is 11. The van der Waals surface area contributed by atoms with Gasteiger partial charge in [0.1, 0.15) is 0 Å². The van der Waals surface area contributed by atoms with Crippen molar-refractivity contribution in [2.24, 2.45) is 0 Å². The molecule has 0 fully saturated rings. The van der Waals surface area contributed by atoms with E-state index in [1.807, 2.05) is 0 Å². The highest BCUT2D eigenvalue weighted by Crippen LogP contribution is 2.54. The standard InChI is InChI=1S/C84H62N2/c1-83(2)75-51-57(39-45-71(75)73-47-43-65(53-77(73)83)85(79-29-13-21-59-17-5-9-25-67(59)79)80-30-14-22-60-18-6-10-26-68(60)80)35-33-55-37-41-64-50-56(38-42-63(64)49-55)34-36-58-40-46-72-74-48-44-66(54-78(74)84(3,4)76(72)52-58)86(81-31-15-23-61-19-7-11-27-69(61)81)82-32-16-24-62-20-8-12-28-70(62)82/h5-54H,1-4H3/b35-33+,36-34+. The summed E-state index contributed by atoms with van der Waals surface area (Å²) in [7, 11) is 0. The molecule has 0 bridgehead atoms. The minimum atomic E-state index is -0.210. The van der Waals surface area contributed by atoms with E-state index in [1.54, 1.807) is 0 Å². The van der Waals surface area contributed by atoms with Crippen molar-refractivity contribution in [2.75, 3.05) is 9.80 Å². The molecule has 2 nitrogen and oxygen atoms in total. The molecule has 14 aromatic rings. The van der Waals surface area contributed by atoms with E-state index in [2.05, 4.69) is 341 Å². The summed E-state index contributed by atoms with van der Waals surface area (Å²) in [5.41, 5.74) is 21.9. The Morgan fingerprint density at radius 1 is 0.233 bits per heavy atom. The first-order valence-corrected chi connectivity index (χ1v) is 30.1. The van der Waals surface area contributed by atoms with Gasteiger partial charge in [0, 0.05) is 43.7 Å². The minimum absolute atomic E-state index is 0.210. The fourth-order valence-corrected chi connectivity index (χ4v) is 14.3. The molecular weight excluding hydrogens is 1040 g/mol. The van der Waals surface area contributed by atoms with Crippen LogP contribution in [0.1, 0.15) is 72.2 Å². The number of anilines is 6. The van der Waals surface area contributed by atoms with Gasteiger partial charge in [-0.25, -0.2) is 0 Å². The first-order valence-electron chi connectivity index (χ1n) is 30.1. The summed E-state index contributed by atoms with van der Waals surface area (Å²) in [5.74, 6) is 0. The lowest BCUT2D eigenvalue weighted by atomic mass is 9.81. The Balaban J connectivity index is 0.649. The maximum Gasteiger partial charge on any atom is 0.0540 e. The quantitative estimate of drug-likeness (QED) is 0.126. The number of hydrogen-bond acceptors (Lipinski definition) is 2. The van der Waals surface area contributed by atoms with Crippen LogP contribution in [0.15, 0.2) is 279 Å². The van der Waals surface area contributed by atoms with Crippen molar-refractivity contribution in [3.8, 4) is 22.3 Å². The van der Waals surface area contributed by atoms with Gasteiger partial charge in [-0.05, 0) is 160 Å². The molecule has 2 aliphatic rings. The Kier molecular flexibility index (Phi) is 11.9. The van der Waals surface area contributed by atoms with E-state index in [-0.39, 0.29) is 10.8 Å². The second kappa shape index (κ2) is 20.1. The van der Waals surface area contributed by atoms with Crippen LogP contribution in [-0.4, -0.2) is 0 Å². The highest BCUT2D eigenvalue weighted by atomic mass is 15.2. The van der Waals surface area contributed by atoms with Crippen LogP contribution in [0.5, 0.6) is 0 Å². The van der Waals surface area contributed by atoms with Gasteiger partial charge in [0.2, 0.25) is 0 Å². The summed E-state index contributed by atoms with van der Waals surface area (Å²) in [5, 5.41) is 12.3. The third kappa shape index (κ3) is 8.46. The Hall–Kier alpha value is -10.5. The largest absolute Gasteiger partial charge is 0.309 e. The van der Waals surface area contributed by atoms with Crippen LogP contribution in [-0.2, 0) is 10.8 Å². The molecule has 408 valence electrons. The number of hydrogen-bond donors (Lipinski definition) is 0. The Bertz CT molecular complexity index is 4650. The predicted octanol–water partition coefficient (Wildman–Crippen LogP) is 23.3.